The first-order valence-electron chi connectivity index (χ1n) is 18.1. The summed E-state index contributed by atoms with van der Waals surface area (Å²) in [6.07, 6.45) is 16.3. The number of fused-ring (bicyclic) bond motifs is 1. The molecule has 0 aromatic carbocycles. The van der Waals surface area contributed by atoms with Gasteiger partial charge in [-0.1, -0.05) is 96.8 Å². The summed E-state index contributed by atoms with van der Waals surface area (Å²) in [6.45, 7) is 3.01. The standard InChI is InChI=1S/C24H47NO6.C10H16N2O3S/c1-3-4-5-6-7-8-9-10-11-12-13-14-15-16-17-24(30)23(25-19(2)27)22(29)21(28)20(18-26)31-24;13-8(14)4-2-1-3-7-9-6(5-16-7)11-10(15)12-9/h20-23,26,28-30H,3-18H2,1-2H3,(H,25,27);6-7,9H,1-5H2,(H,13,14)(H2,11,12,15)/t20-,21+,22+,23-,24?;6-,7-,9-/m10/s1. The predicted octanol–water partition coefficient (Wildman–Crippen LogP) is 3.96. The van der Waals surface area contributed by atoms with Gasteiger partial charge in [0.15, 0.2) is 5.79 Å². The molecular weight excluding hydrogens is 626 g/mol. The number of aliphatic hydroxyl groups excluding tert-OH is 3. The molecule has 13 heteroatoms. The van der Waals surface area contributed by atoms with Crippen LogP contribution in [0.1, 0.15) is 136 Å². The Balaban J connectivity index is 0.000000398. The van der Waals surface area contributed by atoms with Gasteiger partial charge in [0.05, 0.1) is 18.7 Å². The lowest BCUT2D eigenvalue weighted by Gasteiger charge is -2.47. The number of carbonyl (C=O) groups is 3. The number of rotatable bonds is 22. The topological polar surface area (TPSA) is 198 Å². The SMILES string of the molecule is CCCCCCCCCCCCCCCCC1(O)O[C@H](CO)[C@H](O)[C@H](O)[C@H]1NC(C)=O.O=C(O)CCCC[C@@H]1SC[C@@H]2NC(=O)N[C@@H]21. The highest BCUT2D eigenvalue weighted by atomic mass is 32.2. The first-order valence-corrected chi connectivity index (χ1v) is 19.1. The van der Waals surface area contributed by atoms with Crippen LogP contribution in [-0.2, 0) is 14.3 Å². The molecule has 3 rings (SSSR count). The number of carboxylic acid groups (broad SMARTS) is 1. The zero-order chi connectivity index (χ0) is 34.7. The van der Waals surface area contributed by atoms with Crippen molar-refractivity contribution in [3.8, 4) is 0 Å². The van der Waals surface area contributed by atoms with Gasteiger partial charge >= 0.3 is 12.0 Å². The summed E-state index contributed by atoms with van der Waals surface area (Å²) in [6, 6.07) is -0.695. The Morgan fingerprint density at radius 1 is 0.894 bits per heavy atom. The molecule has 8 atom stereocenters. The van der Waals surface area contributed by atoms with Crippen LogP contribution in [0.5, 0.6) is 0 Å². The number of hydrogen-bond acceptors (Lipinski definition) is 9. The normalized spacial score (nSPS) is 29.7. The van der Waals surface area contributed by atoms with Crippen LogP contribution in [0.15, 0.2) is 0 Å². The summed E-state index contributed by atoms with van der Waals surface area (Å²) in [5.74, 6) is -2.00. The van der Waals surface area contributed by atoms with Gasteiger partial charge in [-0.05, 0) is 19.3 Å². The molecule has 274 valence electrons. The fraction of sp³-hybridized carbons (Fsp3) is 0.912. The van der Waals surface area contributed by atoms with Crippen LogP contribution >= 0.6 is 11.8 Å². The van der Waals surface area contributed by atoms with E-state index in [0.29, 0.717) is 11.7 Å². The number of carbonyl (C=O) groups excluding carboxylic acids is 2. The second-order valence-corrected chi connectivity index (χ2v) is 14.7. The molecular formula is C34H63N3O9S. The van der Waals surface area contributed by atoms with E-state index in [1.807, 2.05) is 11.8 Å². The lowest BCUT2D eigenvalue weighted by Crippen LogP contribution is -2.70. The number of thioether (sulfide) groups is 1. The smallest absolute Gasteiger partial charge is 0.315 e. The molecule has 0 bridgehead atoms. The maximum Gasteiger partial charge on any atom is 0.315 e. The molecule has 0 saturated carbocycles. The number of unbranched alkanes of at least 4 members (excludes halogenated alkanes) is 14. The fourth-order valence-electron chi connectivity index (χ4n) is 6.70. The van der Waals surface area contributed by atoms with Gasteiger partial charge < -0.3 is 46.2 Å². The minimum absolute atomic E-state index is 0.0640. The first-order chi connectivity index (χ1) is 22.5. The number of carboxylic acids is 1. The predicted molar refractivity (Wildman–Crippen MR) is 183 cm³/mol. The lowest BCUT2D eigenvalue weighted by atomic mass is 9.87. The lowest BCUT2D eigenvalue weighted by molar-refractivity contribution is -0.321. The second kappa shape index (κ2) is 22.9. The zero-order valence-corrected chi connectivity index (χ0v) is 29.5. The van der Waals surface area contributed by atoms with Crippen molar-refractivity contribution < 1.29 is 44.7 Å². The molecule has 3 heterocycles. The Kier molecular flexibility index (Phi) is 20.2. The fourth-order valence-corrected chi connectivity index (χ4v) is 8.25. The van der Waals surface area contributed by atoms with E-state index < -0.39 is 48.6 Å². The van der Waals surface area contributed by atoms with Gasteiger partial charge in [-0.15, -0.1) is 0 Å². The molecule has 0 radical (unpaired) electrons. The van der Waals surface area contributed by atoms with E-state index in [4.69, 9.17) is 9.84 Å². The van der Waals surface area contributed by atoms with E-state index >= 15 is 0 Å². The number of amides is 3. The molecule has 8 N–H and O–H groups in total. The Hall–Kier alpha value is -1.64. The van der Waals surface area contributed by atoms with Crippen LogP contribution in [0.25, 0.3) is 0 Å². The van der Waals surface area contributed by atoms with Crippen molar-refractivity contribution in [3.05, 3.63) is 0 Å². The van der Waals surface area contributed by atoms with Crippen LogP contribution in [0.3, 0.4) is 0 Å². The van der Waals surface area contributed by atoms with E-state index in [1.165, 1.54) is 71.1 Å². The summed E-state index contributed by atoms with van der Waals surface area (Å²) in [4.78, 5) is 32.9. The highest BCUT2D eigenvalue weighted by Crippen LogP contribution is 2.34. The van der Waals surface area contributed by atoms with Crippen molar-refractivity contribution in [2.75, 3.05) is 12.4 Å². The highest BCUT2D eigenvalue weighted by molar-refractivity contribution is 8.00. The minimum atomic E-state index is -1.81. The highest BCUT2D eigenvalue weighted by Gasteiger charge is 2.53. The molecule has 47 heavy (non-hydrogen) atoms. The molecule has 1 unspecified atom stereocenters. The van der Waals surface area contributed by atoms with Crippen LogP contribution in [0.2, 0.25) is 0 Å². The summed E-state index contributed by atoms with van der Waals surface area (Å²) in [5, 5.41) is 58.0. The molecule has 0 aliphatic carbocycles. The second-order valence-electron chi connectivity index (χ2n) is 13.5. The van der Waals surface area contributed by atoms with Crippen LogP contribution in [0, 0.1) is 0 Å². The molecule has 0 spiro atoms. The number of aliphatic carboxylic acids is 1. The van der Waals surface area contributed by atoms with Crippen LogP contribution in [0.4, 0.5) is 4.79 Å². The number of hydrogen-bond donors (Lipinski definition) is 8. The Morgan fingerprint density at radius 2 is 1.47 bits per heavy atom. The van der Waals surface area contributed by atoms with Gasteiger partial charge in [0.25, 0.3) is 0 Å². The number of urea groups is 1. The van der Waals surface area contributed by atoms with Crippen molar-refractivity contribution in [3.63, 3.8) is 0 Å². The molecule has 3 amide bonds. The monoisotopic (exact) mass is 689 g/mol. The molecule has 12 nitrogen and oxygen atoms in total. The number of ether oxygens (including phenoxy) is 1. The maximum absolute atomic E-state index is 11.5. The minimum Gasteiger partial charge on any atom is -0.481 e. The third kappa shape index (κ3) is 15.2. The summed E-state index contributed by atoms with van der Waals surface area (Å²) in [7, 11) is 0. The van der Waals surface area contributed by atoms with E-state index in [1.54, 1.807) is 0 Å². The third-order valence-corrected chi connectivity index (χ3v) is 10.9. The average Bonchev–Trinajstić information content (AvgIpc) is 3.58. The van der Waals surface area contributed by atoms with E-state index in [0.717, 1.165) is 44.3 Å². The van der Waals surface area contributed by atoms with E-state index in [-0.39, 0.29) is 31.0 Å². The quantitative estimate of drug-likeness (QED) is 0.0608. The van der Waals surface area contributed by atoms with Crippen molar-refractivity contribution in [2.45, 2.75) is 183 Å². The Labute approximate surface area is 285 Å². The van der Waals surface area contributed by atoms with Gasteiger partial charge in [0, 0.05) is 30.8 Å². The van der Waals surface area contributed by atoms with Crippen molar-refractivity contribution in [1.29, 1.82) is 0 Å². The van der Waals surface area contributed by atoms with Gasteiger partial charge in [-0.25, -0.2) is 4.79 Å². The number of aliphatic hydroxyl groups is 4. The largest absolute Gasteiger partial charge is 0.481 e. The Morgan fingerprint density at radius 3 is 2.00 bits per heavy atom. The molecule has 0 aromatic heterocycles. The van der Waals surface area contributed by atoms with Crippen molar-refractivity contribution >= 4 is 29.7 Å². The van der Waals surface area contributed by atoms with Crippen LogP contribution < -0.4 is 16.0 Å². The summed E-state index contributed by atoms with van der Waals surface area (Å²) < 4.78 is 5.51. The molecule has 3 saturated heterocycles. The zero-order valence-electron chi connectivity index (χ0n) is 28.7. The van der Waals surface area contributed by atoms with E-state index in [2.05, 4.69) is 22.9 Å². The van der Waals surface area contributed by atoms with Gasteiger partial charge in [0.2, 0.25) is 5.91 Å². The van der Waals surface area contributed by atoms with Gasteiger partial charge in [-0.2, -0.15) is 11.8 Å². The molecule has 3 fully saturated rings. The van der Waals surface area contributed by atoms with Crippen molar-refractivity contribution in [1.82, 2.24) is 16.0 Å². The Bertz CT molecular complexity index is 916. The summed E-state index contributed by atoms with van der Waals surface area (Å²) in [5.41, 5.74) is 0. The van der Waals surface area contributed by atoms with E-state index in [9.17, 15) is 34.8 Å². The molecule has 0 aromatic rings. The first kappa shape index (κ1) is 41.5. The molecule has 3 aliphatic rings. The maximum atomic E-state index is 11.5. The van der Waals surface area contributed by atoms with Gasteiger partial charge in [-0.3, -0.25) is 9.59 Å². The van der Waals surface area contributed by atoms with Gasteiger partial charge in [0.1, 0.15) is 24.4 Å². The summed E-state index contributed by atoms with van der Waals surface area (Å²) >= 11 is 1.87. The van der Waals surface area contributed by atoms with Crippen LogP contribution in [-0.4, -0.2) is 103 Å². The van der Waals surface area contributed by atoms with Crippen molar-refractivity contribution in [2.24, 2.45) is 0 Å². The average molecular weight is 690 g/mol. The number of nitrogens with one attached hydrogen (secondary N) is 3. The third-order valence-electron chi connectivity index (χ3n) is 9.41. The molecule has 3 aliphatic heterocycles.